The van der Waals surface area contributed by atoms with Gasteiger partial charge in [-0.25, -0.2) is 4.99 Å². The van der Waals surface area contributed by atoms with E-state index < -0.39 is 0 Å². The molecule has 0 N–H and O–H groups in total. The Balaban J connectivity index is 1.71. The smallest absolute Gasteiger partial charge is 0.220 e. The number of nitrogens with zero attached hydrogens (tertiary/aromatic N) is 4. The molecule has 2 aliphatic heterocycles. The average Bonchev–Trinajstić information content (AvgIpc) is 2.48. The highest BCUT2D eigenvalue weighted by Crippen LogP contribution is 2.23. The summed E-state index contributed by atoms with van der Waals surface area (Å²) in [6.45, 7) is 4.14. The molecule has 0 amide bonds. The van der Waals surface area contributed by atoms with E-state index in [1.54, 1.807) is 18.5 Å². The number of aromatic nitrogens is 1. The van der Waals surface area contributed by atoms with E-state index in [1.165, 1.54) is 0 Å². The topological polar surface area (TPSA) is 41.0 Å². The number of anilines is 1. The third-order valence-corrected chi connectivity index (χ3v) is 3.87. The van der Waals surface area contributed by atoms with E-state index in [4.69, 9.17) is 17.0 Å². The van der Waals surface area contributed by atoms with Crippen molar-refractivity contribution in [3.8, 4) is 5.75 Å². The monoisotopic (exact) mass is 302 g/mol. The van der Waals surface area contributed by atoms with Crippen molar-refractivity contribution in [2.45, 2.75) is 6.42 Å². The number of ether oxygens (including phenoxy) is 1. The Morgan fingerprint density at radius 2 is 2.00 bits per heavy atom. The lowest BCUT2D eigenvalue weighted by molar-refractivity contribution is 0.312. The Hall–Kier alpha value is -1.79. The third kappa shape index (κ3) is 3.65. The summed E-state index contributed by atoms with van der Waals surface area (Å²) in [4.78, 5) is 14.0. The molecule has 0 spiro atoms. The summed E-state index contributed by atoms with van der Waals surface area (Å²) in [7, 11) is 2.14. The van der Waals surface area contributed by atoms with E-state index in [1.807, 2.05) is 12.3 Å². The zero-order chi connectivity index (χ0) is 14.7. The molecule has 21 heavy (non-hydrogen) atoms. The Labute approximate surface area is 129 Å². The molecule has 0 aromatic carbocycles. The van der Waals surface area contributed by atoms with Crippen molar-refractivity contribution in [1.82, 2.24) is 9.88 Å². The van der Waals surface area contributed by atoms with Gasteiger partial charge in [0.25, 0.3) is 0 Å². The predicted molar refractivity (Wildman–Crippen MR) is 88.4 cm³/mol. The summed E-state index contributed by atoms with van der Waals surface area (Å²) in [5, 5.41) is 0. The molecule has 3 heterocycles. The Kier molecular flexibility index (Phi) is 4.26. The lowest BCUT2D eigenvalue weighted by Gasteiger charge is -2.33. The van der Waals surface area contributed by atoms with Gasteiger partial charge in [0.15, 0.2) is 0 Å². The molecule has 0 unspecified atom stereocenters. The maximum atomic E-state index is 5.75. The van der Waals surface area contributed by atoms with Gasteiger partial charge in [0, 0.05) is 55.8 Å². The van der Waals surface area contributed by atoms with Crippen LogP contribution >= 0.6 is 12.2 Å². The number of rotatable bonds is 3. The van der Waals surface area contributed by atoms with Crippen molar-refractivity contribution in [3.05, 3.63) is 30.4 Å². The van der Waals surface area contributed by atoms with Crippen LogP contribution in [0.15, 0.2) is 35.4 Å². The van der Waals surface area contributed by atoms with Gasteiger partial charge in [-0.15, -0.1) is 0 Å². The van der Waals surface area contributed by atoms with Crippen molar-refractivity contribution in [1.29, 1.82) is 0 Å². The molecule has 110 valence electrons. The highest BCUT2D eigenvalue weighted by molar-refractivity contribution is 7.80. The van der Waals surface area contributed by atoms with E-state index in [-0.39, 0.29) is 0 Å². The maximum Gasteiger partial charge on any atom is 0.220 e. The van der Waals surface area contributed by atoms with E-state index >= 15 is 0 Å². The van der Waals surface area contributed by atoms with Crippen LogP contribution in [0.3, 0.4) is 0 Å². The van der Waals surface area contributed by atoms with Gasteiger partial charge in [0.1, 0.15) is 5.75 Å². The molecule has 6 heteroatoms. The van der Waals surface area contributed by atoms with Gasteiger partial charge in [0.2, 0.25) is 5.88 Å². The second-order valence-electron chi connectivity index (χ2n) is 5.24. The van der Waals surface area contributed by atoms with E-state index in [0.29, 0.717) is 18.1 Å². The van der Waals surface area contributed by atoms with Crippen molar-refractivity contribution in [2.75, 3.05) is 38.1 Å². The highest BCUT2D eigenvalue weighted by atomic mass is 32.1. The van der Waals surface area contributed by atoms with Crippen LogP contribution in [0.5, 0.6) is 5.75 Å². The first-order chi connectivity index (χ1) is 10.2. The van der Waals surface area contributed by atoms with Gasteiger partial charge in [-0.05, 0) is 7.05 Å². The summed E-state index contributed by atoms with van der Waals surface area (Å²) < 4.78 is 5.75. The Bertz CT molecular complexity index is 591. The summed E-state index contributed by atoms with van der Waals surface area (Å²) in [5.74, 6) is 1.23. The standard InChI is InChI=1S/C15H18N4OS/c1-18-4-6-19(7-5-18)12-8-13(11-16-10-12)20-15-9-14(21)2-3-17-15/h3,8-11H,2,4-7H2,1H3. The summed E-state index contributed by atoms with van der Waals surface area (Å²) in [5.41, 5.74) is 1.09. The first-order valence-electron chi connectivity index (χ1n) is 7.04. The largest absolute Gasteiger partial charge is 0.437 e. The van der Waals surface area contributed by atoms with E-state index in [0.717, 1.165) is 36.7 Å². The van der Waals surface area contributed by atoms with Gasteiger partial charge in [0.05, 0.1) is 18.1 Å². The second kappa shape index (κ2) is 6.32. The van der Waals surface area contributed by atoms with Crippen LogP contribution in [0.4, 0.5) is 5.69 Å². The second-order valence-corrected chi connectivity index (χ2v) is 5.76. The first kappa shape index (κ1) is 14.2. The first-order valence-corrected chi connectivity index (χ1v) is 7.45. The van der Waals surface area contributed by atoms with Crippen molar-refractivity contribution < 1.29 is 4.74 Å². The van der Waals surface area contributed by atoms with Gasteiger partial charge < -0.3 is 14.5 Å². The molecule has 1 saturated heterocycles. The normalized spacial score (nSPS) is 19.6. The Morgan fingerprint density at radius 3 is 2.76 bits per heavy atom. The van der Waals surface area contributed by atoms with Crippen LogP contribution in [0, 0.1) is 0 Å². The molecule has 1 fully saturated rings. The molecular formula is C15H18N4OS. The van der Waals surface area contributed by atoms with E-state index in [9.17, 15) is 0 Å². The summed E-state index contributed by atoms with van der Waals surface area (Å²) in [6, 6.07) is 2.01. The maximum absolute atomic E-state index is 5.75. The molecular weight excluding hydrogens is 284 g/mol. The van der Waals surface area contributed by atoms with Crippen LogP contribution in [0.2, 0.25) is 0 Å². The van der Waals surface area contributed by atoms with Crippen LogP contribution in [0.1, 0.15) is 6.42 Å². The van der Waals surface area contributed by atoms with Gasteiger partial charge in [-0.2, -0.15) is 0 Å². The van der Waals surface area contributed by atoms with Crippen molar-refractivity contribution >= 4 is 29.0 Å². The number of hydrogen-bond acceptors (Lipinski definition) is 6. The lowest BCUT2D eigenvalue weighted by Crippen LogP contribution is -2.44. The third-order valence-electron chi connectivity index (χ3n) is 3.59. The fourth-order valence-electron chi connectivity index (χ4n) is 2.34. The minimum absolute atomic E-state index is 0.531. The van der Waals surface area contributed by atoms with Crippen LogP contribution in [0.25, 0.3) is 0 Å². The Morgan fingerprint density at radius 1 is 1.19 bits per heavy atom. The molecule has 0 saturated carbocycles. The van der Waals surface area contributed by atoms with Crippen LogP contribution < -0.4 is 9.64 Å². The molecule has 0 atom stereocenters. The molecule has 5 nitrogen and oxygen atoms in total. The quantitative estimate of drug-likeness (QED) is 0.798. The minimum Gasteiger partial charge on any atom is -0.437 e. The number of allylic oxidation sites excluding steroid dienone is 1. The zero-order valence-corrected chi connectivity index (χ0v) is 12.8. The number of hydrogen-bond donors (Lipinski definition) is 0. The summed E-state index contributed by atoms with van der Waals surface area (Å²) in [6.07, 6.45) is 7.85. The van der Waals surface area contributed by atoms with E-state index in [2.05, 4.69) is 26.8 Å². The van der Waals surface area contributed by atoms with Crippen molar-refractivity contribution in [3.63, 3.8) is 0 Å². The molecule has 0 aliphatic carbocycles. The average molecular weight is 302 g/mol. The fraction of sp³-hybridized carbons (Fsp3) is 0.400. The summed E-state index contributed by atoms with van der Waals surface area (Å²) >= 11 is 5.16. The number of aliphatic imine (C=N–C) groups is 1. The zero-order valence-electron chi connectivity index (χ0n) is 12.0. The molecule has 0 radical (unpaired) electrons. The SMILES string of the molecule is CN1CCN(c2cncc(OC3=CC(=S)CC=N3)c2)CC1. The van der Waals surface area contributed by atoms with Crippen molar-refractivity contribution in [2.24, 2.45) is 4.99 Å². The van der Waals surface area contributed by atoms with Gasteiger partial charge in [-0.3, -0.25) is 4.98 Å². The molecule has 1 aromatic rings. The molecule has 2 aliphatic rings. The minimum atomic E-state index is 0.531. The highest BCUT2D eigenvalue weighted by Gasteiger charge is 2.15. The number of thiocarbonyl (C=S) groups is 1. The molecule has 1 aromatic heterocycles. The van der Waals surface area contributed by atoms with Gasteiger partial charge >= 0.3 is 0 Å². The lowest BCUT2D eigenvalue weighted by atomic mass is 10.2. The number of pyridine rings is 1. The van der Waals surface area contributed by atoms with Gasteiger partial charge in [-0.1, -0.05) is 12.2 Å². The number of likely N-dealkylation sites (N-methyl/N-ethyl adjacent to an activating group) is 1. The predicted octanol–water partition coefficient (Wildman–Crippen LogP) is 1.90. The molecule has 3 rings (SSSR count). The number of piperazine rings is 1. The molecule has 0 bridgehead atoms. The fourth-order valence-corrected chi connectivity index (χ4v) is 2.51. The van der Waals surface area contributed by atoms with Crippen LogP contribution in [-0.4, -0.2) is 54.2 Å². The van der Waals surface area contributed by atoms with Crippen LogP contribution in [-0.2, 0) is 0 Å².